The van der Waals surface area contributed by atoms with Crippen LogP contribution in [0.4, 0.5) is 0 Å². The Kier molecular flexibility index (Phi) is 2.88. The average Bonchev–Trinajstić information content (AvgIpc) is 2.51. The number of hydrogen-bond donors (Lipinski definition) is 2. The smallest absolute Gasteiger partial charge is 0.218 e. The van der Waals surface area contributed by atoms with Crippen LogP contribution in [0.15, 0.2) is 22.8 Å². The first-order chi connectivity index (χ1) is 5.74. The molecule has 4 nitrogen and oxygen atoms in total. The van der Waals surface area contributed by atoms with E-state index in [4.69, 9.17) is 15.9 Å². The molecular weight excluding hydrogens is 156 g/mol. The number of carbonyl (C=O) groups excluding carboxylic acids is 1. The van der Waals surface area contributed by atoms with E-state index in [0.29, 0.717) is 6.54 Å². The summed E-state index contributed by atoms with van der Waals surface area (Å²) in [5.74, 6) is 0.274. The highest BCUT2D eigenvalue weighted by molar-refractivity contribution is 5.74. The molecule has 1 aromatic rings. The second-order valence-electron chi connectivity index (χ2n) is 2.62. The Morgan fingerprint density at radius 3 is 2.83 bits per heavy atom. The predicted octanol–water partition coefficient (Wildman–Crippen LogP) is 0.197. The molecule has 1 heterocycles. The summed E-state index contributed by atoms with van der Waals surface area (Å²) in [6.07, 6.45) is 1.79. The lowest BCUT2D eigenvalue weighted by Gasteiger charge is -2.08. The molecule has 0 fully saturated rings. The summed E-state index contributed by atoms with van der Waals surface area (Å²) in [6, 6.07) is 3.56. The summed E-state index contributed by atoms with van der Waals surface area (Å²) in [5, 5.41) is 0. The van der Waals surface area contributed by atoms with Gasteiger partial charge in [0.25, 0.3) is 0 Å². The van der Waals surface area contributed by atoms with Gasteiger partial charge in [-0.15, -0.1) is 0 Å². The Morgan fingerprint density at radius 1 is 1.67 bits per heavy atom. The normalized spacial score (nSPS) is 12.8. The van der Waals surface area contributed by atoms with Gasteiger partial charge >= 0.3 is 0 Å². The average molecular weight is 168 g/mol. The minimum absolute atomic E-state index is 0.0856. The predicted molar refractivity (Wildman–Crippen MR) is 44.3 cm³/mol. The van der Waals surface area contributed by atoms with Gasteiger partial charge in [0, 0.05) is 18.9 Å². The van der Waals surface area contributed by atoms with Crippen molar-refractivity contribution in [2.75, 3.05) is 6.54 Å². The third-order valence-electron chi connectivity index (χ3n) is 1.68. The van der Waals surface area contributed by atoms with Crippen molar-refractivity contribution in [3.8, 4) is 0 Å². The maximum absolute atomic E-state index is 10.6. The molecular formula is C8H12N2O2. The van der Waals surface area contributed by atoms with E-state index < -0.39 is 0 Å². The van der Waals surface area contributed by atoms with Crippen molar-refractivity contribution >= 4 is 5.91 Å². The number of hydrogen-bond acceptors (Lipinski definition) is 3. The van der Waals surface area contributed by atoms with Crippen molar-refractivity contribution in [3.63, 3.8) is 0 Å². The Hall–Kier alpha value is -1.29. The highest BCUT2D eigenvalue weighted by atomic mass is 16.3. The van der Waals surface area contributed by atoms with Crippen molar-refractivity contribution in [2.24, 2.45) is 11.5 Å². The summed E-state index contributed by atoms with van der Waals surface area (Å²) < 4.78 is 5.10. The summed E-state index contributed by atoms with van der Waals surface area (Å²) in [4.78, 5) is 10.6. The van der Waals surface area contributed by atoms with Gasteiger partial charge in [-0.3, -0.25) is 4.79 Å². The summed E-state index contributed by atoms with van der Waals surface area (Å²) in [6.45, 7) is 0.371. The molecule has 4 heteroatoms. The zero-order valence-electron chi connectivity index (χ0n) is 6.69. The summed E-state index contributed by atoms with van der Waals surface area (Å²) in [5.41, 5.74) is 10.5. The minimum Gasteiger partial charge on any atom is -0.469 e. The number of nitrogens with two attached hydrogens (primary N) is 2. The summed E-state index contributed by atoms with van der Waals surface area (Å²) >= 11 is 0. The Labute approximate surface area is 70.5 Å². The molecule has 0 saturated heterocycles. The fraction of sp³-hybridized carbons (Fsp3) is 0.375. The van der Waals surface area contributed by atoms with Crippen LogP contribution in [0.25, 0.3) is 0 Å². The van der Waals surface area contributed by atoms with E-state index in [1.54, 1.807) is 18.4 Å². The fourth-order valence-electron chi connectivity index (χ4n) is 1.07. The van der Waals surface area contributed by atoms with Crippen LogP contribution in [-0.2, 0) is 4.79 Å². The highest BCUT2D eigenvalue weighted by Crippen LogP contribution is 2.17. The first-order valence-electron chi connectivity index (χ1n) is 3.75. The molecule has 1 rings (SSSR count). The molecule has 4 N–H and O–H groups in total. The largest absolute Gasteiger partial charge is 0.469 e. The van der Waals surface area contributed by atoms with E-state index in [0.717, 1.165) is 5.76 Å². The first-order valence-corrected chi connectivity index (χ1v) is 3.75. The molecule has 0 spiro atoms. The molecule has 0 radical (unpaired) electrons. The van der Waals surface area contributed by atoms with Crippen LogP contribution in [0, 0.1) is 0 Å². The van der Waals surface area contributed by atoms with E-state index in [9.17, 15) is 4.79 Å². The van der Waals surface area contributed by atoms with E-state index in [1.807, 2.05) is 0 Å². The lowest BCUT2D eigenvalue weighted by atomic mass is 10.0. The number of furan rings is 1. The molecule has 1 atom stereocenters. The first kappa shape index (κ1) is 8.80. The lowest BCUT2D eigenvalue weighted by molar-refractivity contribution is -0.118. The van der Waals surface area contributed by atoms with Gasteiger partial charge in [-0.1, -0.05) is 0 Å². The molecule has 0 aliphatic carbocycles. The van der Waals surface area contributed by atoms with Gasteiger partial charge in [0.15, 0.2) is 0 Å². The summed E-state index contributed by atoms with van der Waals surface area (Å²) in [7, 11) is 0. The number of primary amides is 1. The third kappa shape index (κ3) is 2.10. The number of amides is 1. The Morgan fingerprint density at radius 2 is 2.42 bits per heavy atom. The molecule has 1 aromatic heterocycles. The molecule has 0 aliphatic rings. The van der Waals surface area contributed by atoms with E-state index in [1.165, 1.54) is 0 Å². The minimum atomic E-state index is -0.359. The van der Waals surface area contributed by atoms with Crippen LogP contribution in [0.5, 0.6) is 0 Å². The van der Waals surface area contributed by atoms with Gasteiger partial charge in [0.2, 0.25) is 5.91 Å². The van der Waals surface area contributed by atoms with Crippen LogP contribution in [0.3, 0.4) is 0 Å². The van der Waals surface area contributed by atoms with E-state index in [2.05, 4.69) is 0 Å². The zero-order valence-corrected chi connectivity index (χ0v) is 6.69. The van der Waals surface area contributed by atoms with Gasteiger partial charge in [0.05, 0.1) is 6.26 Å². The van der Waals surface area contributed by atoms with Gasteiger partial charge in [-0.05, 0) is 12.1 Å². The maximum atomic E-state index is 10.6. The second kappa shape index (κ2) is 3.92. The standard InChI is InChI=1S/C8H12N2O2/c9-5-6(4-8(10)11)7-2-1-3-12-7/h1-3,6H,4-5,9H2,(H2,10,11)/t6-/m1/s1. The van der Waals surface area contributed by atoms with E-state index >= 15 is 0 Å². The Balaban J connectivity index is 2.63. The molecule has 1 amide bonds. The van der Waals surface area contributed by atoms with Crippen molar-refractivity contribution in [2.45, 2.75) is 12.3 Å². The molecule has 0 bridgehead atoms. The molecule has 66 valence electrons. The molecule has 12 heavy (non-hydrogen) atoms. The SMILES string of the molecule is NC[C@@H](CC(N)=O)c1ccco1. The Bertz CT molecular complexity index is 244. The fourth-order valence-corrected chi connectivity index (χ4v) is 1.07. The quantitative estimate of drug-likeness (QED) is 0.673. The van der Waals surface area contributed by atoms with Crippen LogP contribution in [-0.4, -0.2) is 12.5 Å². The monoisotopic (exact) mass is 168 g/mol. The second-order valence-corrected chi connectivity index (χ2v) is 2.62. The van der Waals surface area contributed by atoms with E-state index in [-0.39, 0.29) is 18.2 Å². The highest BCUT2D eigenvalue weighted by Gasteiger charge is 2.14. The van der Waals surface area contributed by atoms with Crippen molar-refractivity contribution < 1.29 is 9.21 Å². The van der Waals surface area contributed by atoms with Gasteiger partial charge in [0.1, 0.15) is 5.76 Å². The molecule has 0 aliphatic heterocycles. The van der Waals surface area contributed by atoms with Crippen molar-refractivity contribution in [1.29, 1.82) is 0 Å². The van der Waals surface area contributed by atoms with Gasteiger partial charge < -0.3 is 15.9 Å². The third-order valence-corrected chi connectivity index (χ3v) is 1.68. The van der Waals surface area contributed by atoms with Gasteiger partial charge in [-0.25, -0.2) is 0 Å². The zero-order chi connectivity index (χ0) is 8.97. The molecule has 0 saturated carbocycles. The topological polar surface area (TPSA) is 82.2 Å². The van der Waals surface area contributed by atoms with Crippen molar-refractivity contribution in [1.82, 2.24) is 0 Å². The lowest BCUT2D eigenvalue weighted by Crippen LogP contribution is -2.20. The van der Waals surface area contributed by atoms with Gasteiger partial charge in [-0.2, -0.15) is 0 Å². The van der Waals surface area contributed by atoms with Crippen LogP contribution in [0.2, 0.25) is 0 Å². The van der Waals surface area contributed by atoms with Crippen LogP contribution in [0.1, 0.15) is 18.1 Å². The van der Waals surface area contributed by atoms with Crippen LogP contribution < -0.4 is 11.5 Å². The maximum Gasteiger partial charge on any atom is 0.218 e. The number of rotatable bonds is 4. The molecule has 0 aromatic carbocycles. The number of carbonyl (C=O) groups is 1. The van der Waals surface area contributed by atoms with Crippen molar-refractivity contribution in [3.05, 3.63) is 24.2 Å². The molecule has 0 unspecified atom stereocenters. The van der Waals surface area contributed by atoms with Crippen LogP contribution >= 0.6 is 0 Å².